The summed E-state index contributed by atoms with van der Waals surface area (Å²) < 4.78 is 44.7. The fourth-order valence-electron chi connectivity index (χ4n) is 3.47. The summed E-state index contributed by atoms with van der Waals surface area (Å²) in [5.41, 5.74) is -0.758. The third-order valence-corrected chi connectivity index (χ3v) is 4.67. The summed E-state index contributed by atoms with van der Waals surface area (Å²) in [5.74, 6) is -0.130. The molecule has 1 fully saturated rings. The Labute approximate surface area is 155 Å². The first-order valence-electron chi connectivity index (χ1n) is 8.93. The molecule has 1 saturated carbocycles. The second-order valence-electron chi connectivity index (χ2n) is 7.29. The number of anilines is 1. The molecule has 2 heterocycles. The zero-order valence-corrected chi connectivity index (χ0v) is 15.3. The Morgan fingerprint density at radius 2 is 1.96 bits per heavy atom. The molecule has 2 amide bonds. The van der Waals surface area contributed by atoms with Gasteiger partial charge in [0.2, 0.25) is 5.91 Å². The summed E-state index contributed by atoms with van der Waals surface area (Å²) >= 11 is 0. The largest absolute Gasteiger partial charge is 0.446 e. The number of fused-ring (bicyclic) bond motifs is 1. The minimum Gasteiger partial charge on any atom is -0.446 e. The lowest BCUT2D eigenvalue weighted by Gasteiger charge is -2.40. The molecule has 2 aliphatic rings. The number of nitrogens with one attached hydrogen (secondary N) is 1. The van der Waals surface area contributed by atoms with Crippen molar-refractivity contribution < 1.29 is 27.5 Å². The van der Waals surface area contributed by atoms with E-state index in [4.69, 9.17) is 4.74 Å². The summed E-state index contributed by atoms with van der Waals surface area (Å²) in [6.45, 7) is 4.72. The zero-order chi connectivity index (χ0) is 19.9. The van der Waals surface area contributed by atoms with Crippen molar-refractivity contribution in [1.82, 2.24) is 10.3 Å². The Hall–Kier alpha value is -2.32. The van der Waals surface area contributed by atoms with Crippen LogP contribution in [0.2, 0.25) is 0 Å². The third kappa shape index (κ3) is 4.17. The Bertz CT molecular complexity index is 747. The maximum atomic E-state index is 13.1. The van der Waals surface area contributed by atoms with E-state index in [1.165, 1.54) is 17.9 Å². The Morgan fingerprint density at radius 1 is 1.30 bits per heavy atom. The normalized spacial score (nSPS) is 22.4. The maximum Gasteiger partial charge on any atom is 0.433 e. The molecule has 1 aliphatic heterocycles. The van der Waals surface area contributed by atoms with Crippen LogP contribution in [-0.2, 0) is 15.7 Å². The average molecular weight is 385 g/mol. The van der Waals surface area contributed by atoms with E-state index >= 15 is 0 Å². The number of rotatable bonds is 3. The molecule has 3 rings (SSSR count). The molecule has 2 atom stereocenters. The highest BCUT2D eigenvalue weighted by molar-refractivity contribution is 5.90. The van der Waals surface area contributed by atoms with Crippen LogP contribution in [0.5, 0.6) is 0 Å². The van der Waals surface area contributed by atoms with Crippen molar-refractivity contribution >= 4 is 17.7 Å². The number of pyridine rings is 1. The van der Waals surface area contributed by atoms with Gasteiger partial charge in [0.1, 0.15) is 5.69 Å². The van der Waals surface area contributed by atoms with Crippen LogP contribution < -0.4 is 10.2 Å². The zero-order valence-electron chi connectivity index (χ0n) is 15.3. The van der Waals surface area contributed by atoms with Gasteiger partial charge < -0.3 is 10.1 Å². The summed E-state index contributed by atoms with van der Waals surface area (Å²) in [6, 6.07) is 1.16. The average Bonchev–Trinajstić information content (AvgIpc) is 3.36. The van der Waals surface area contributed by atoms with Gasteiger partial charge in [-0.15, -0.1) is 0 Å². The Kier molecular flexibility index (Phi) is 5.05. The molecule has 2 unspecified atom stereocenters. The van der Waals surface area contributed by atoms with Gasteiger partial charge in [0.25, 0.3) is 0 Å². The molecule has 0 radical (unpaired) electrons. The minimum atomic E-state index is -4.62. The summed E-state index contributed by atoms with van der Waals surface area (Å²) in [7, 11) is 0. The summed E-state index contributed by atoms with van der Waals surface area (Å²) in [5, 5.41) is 2.68. The van der Waals surface area contributed by atoms with Gasteiger partial charge in [-0.2, -0.15) is 13.2 Å². The van der Waals surface area contributed by atoms with Crippen LogP contribution in [0, 0.1) is 5.92 Å². The fraction of sp³-hybridized carbons (Fsp3) is 0.611. The van der Waals surface area contributed by atoms with Gasteiger partial charge in [0.15, 0.2) is 0 Å². The van der Waals surface area contributed by atoms with Crippen molar-refractivity contribution in [2.75, 3.05) is 4.90 Å². The second kappa shape index (κ2) is 7.01. The molecule has 148 valence electrons. The first-order chi connectivity index (χ1) is 12.6. The quantitative estimate of drug-likeness (QED) is 0.859. The molecule has 9 heteroatoms. The van der Waals surface area contributed by atoms with Crippen molar-refractivity contribution in [3.63, 3.8) is 0 Å². The number of aromatic nitrogens is 1. The lowest BCUT2D eigenvalue weighted by Crippen LogP contribution is -2.49. The van der Waals surface area contributed by atoms with E-state index in [1.54, 1.807) is 13.8 Å². The number of nitrogens with zero attached hydrogens (tertiary/aromatic N) is 2. The molecule has 6 nitrogen and oxygen atoms in total. The first-order valence-corrected chi connectivity index (χ1v) is 8.93. The Balaban J connectivity index is 2.08. The first kappa shape index (κ1) is 19.4. The molecule has 1 N–H and O–H groups in total. The molecular formula is C18H22F3N3O3. The molecule has 0 aromatic carbocycles. The van der Waals surface area contributed by atoms with Crippen molar-refractivity contribution in [3.8, 4) is 0 Å². The van der Waals surface area contributed by atoms with E-state index in [0.717, 1.165) is 18.9 Å². The van der Waals surface area contributed by atoms with Crippen molar-refractivity contribution in [2.45, 2.75) is 64.4 Å². The number of alkyl halides is 3. The van der Waals surface area contributed by atoms with Crippen molar-refractivity contribution in [2.24, 2.45) is 5.92 Å². The van der Waals surface area contributed by atoms with Crippen LogP contribution in [0.15, 0.2) is 12.1 Å². The van der Waals surface area contributed by atoms with E-state index in [0.29, 0.717) is 6.42 Å². The second-order valence-corrected chi connectivity index (χ2v) is 7.29. The monoisotopic (exact) mass is 385 g/mol. The van der Waals surface area contributed by atoms with Crippen LogP contribution in [0.3, 0.4) is 0 Å². The number of amides is 2. The molecule has 0 spiro atoms. The third-order valence-electron chi connectivity index (χ3n) is 4.67. The van der Waals surface area contributed by atoms with Crippen molar-refractivity contribution in [3.05, 3.63) is 23.5 Å². The fourth-order valence-corrected chi connectivity index (χ4v) is 3.47. The van der Waals surface area contributed by atoms with Gasteiger partial charge in [0.05, 0.1) is 23.5 Å². The lowest BCUT2D eigenvalue weighted by atomic mass is 9.92. The number of hydrogen-bond donors (Lipinski definition) is 1. The molecule has 1 aromatic rings. The van der Waals surface area contributed by atoms with Gasteiger partial charge in [-0.1, -0.05) is 0 Å². The van der Waals surface area contributed by atoms with Gasteiger partial charge in [-0.25, -0.2) is 9.78 Å². The topological polar surface area (TPSA) is 71.5 Å². The lowest BCUT2D eigenvalue weighted by molar-refractivity contribution is -0.141. The van der Waals surface area contributed by atoms with E-state index < -0.39 is 24.0 Å². The van der Waals surface area contributed by atoms with Crippen LogP contribution in [0.25, 0.3) is 0 Å². The highest BCUT2D eigenvalue weighted by Crippen LogP contribution is 2.46. The van der Waals surface area contributed by atoms with E-state index in [1.807, 2.05) is 0 Å². The minimum absolute atomic E-state index is 0.0395. The van der Waals surface area contributed by atoms with E-state index in [2.05, 4.69) is 10.3 Å². The molecular weight excluding hydrogens is 363 g/mol. The highest BCUT2D eigenvalue weighted by Gasteiger charge is 2.46. The number of halogens is 3. The van der Waals surface area contributed by atoms with Gasteiger partial charge in [0, 0.05) is 13.0 Å². The highest BCUT2D eigenvalue weighted by atomic mass is 19.4. The molecule has 0 saturated heterocycles. The maximum absolute atomic E-state index is 13.1. The Morgan fingerprint density at radius 3 is 2.48 bits per heavy atom. The standard InChI is InChI=1S/C18H22F3N3O3/c1-9(2)27-17(26)24-13-6-7-15(18(19,20)21)23-16(13)12(22-10(3)25)8-14(24)11-4-5-11/h6-7,9,11-12,14H,4-5,8H2,1-3H3,(H,22,25). The molecule has 0 bridgehead atoms. The van der Waals surface area contributed by atoms with Crippen LogP contribution in [0.1, 0.15) is 57.5 Å². The number of ether oxygens (including phenoxy) is 1. The van der Waals surface area contributed by atoms with Crippen LogP contribution in [-0.4, -0.2) is 29.1 Å². The number of hydrogen-bond acceptors (Lipinski definition) is 4. The molecule has 27 heavy (non-hydrogen) atoms. The SMILES string of the molecule is CC(=O)NC1CC(C2CC2)N(C(=O)OC(C)C)c2ccc(C(F)(F)F)nc21. The van der Waals surface area contributed by atoms with Crippen molar-refractivity contribution in [1.29, 1.82) is 0 Å². The number of carbonyl (C=O) groups is 2. The van der Waals surface area contributed by atoms with Crippen LogP contribution in [0.4, 0.5) is 23.7 Å². The molecule has 1 aliphatic carbocycles. The van der Waals surface area contributed by atoms with Gasteiger partial charge in [-0.05, 0) is 51.2 Å². The van der Waals surface area contributed by atoms with E-state index in [-0.39, 0.29) is 35.4 Å². The van der Waals surface area contributed by atoms with E-state index in [9.17, 15) is 22.8 Å². The summed E-state index contributed by atoms with van der Waals surface area (Å²) in [6.07, 6.45) is -3.44. The number of carbonyl (C=O) groups excluding carboxylic acids is 2. The summed E-state index contributed by atoms with van der Waals surface area (Å²) in [4.78, 5) is 29.5. The molecule has 1 aromatic heterocycles. The predicted octanol–water partition coefficient (Wildman–Crippen LogP) is 3.81. The smallest absolute Gasteiger partial charge is 0.433 e. The van der Waals surface area contributed by atoms with Gasteiger partial charge >= 0.3 is 12.3 Å². The van der Waals surface area contributed by atoms with Gasteiger partial charge in [-0.3, -0.25) is 9.69 Å². The van der Waals surface area contributed by atoms with Crippen LogP contribution >= 0.6 is 0 Å². The predicted molar refractivity (Wildman–Crippen MR) is 91.0 cm³/mol.